The van der Waals surface area contributed by atoms with Crippen LogP contribution in [0.25, 0.3) is 0 Å². The van der Waals surface area contributed by atoms with Gasteiger partial charge in [0.2, 0.25) is 0 Å². The van der Waals surface area contributed by atoms with Gasteiger partial charge in [0.1, 0.15) is 5.15 Å². The highest BCUT2D eigenvalue weighted by molar-refractivity contribution is 9.10. The van der Waals surface area contributed by atoms with Crippen molar-refractivity contribution >= 4 is 39.3 Å². The van der Waals surface area contributed by atoms with Gasteiger partial charge in [0.15, 0.2) is 0 Å². The van der Waals surface area contributed by atoms with Gasteiger partial charge in [0, 0.05) is 4.47 Å². The minimum absolute atomic E-state index is 0.0775. The first-order chi connectivity index (χ1) is 9.56. The second kappa shape index (κ2) is 4.96. The molecule has 2 amide bonds. The van der Waals surface area contributed by atoms with E-state index in [1.807, 2.05) is 0 Å². The van der Waals surface area contributed by atoms with E-state index in [4.69, 9.17) is 11.6 Å². The number of fused-ring (bicyclic) bond motifs is 1. The quantitative estimate of drug-likeness (QED) is 0.780. The fourth-order valence-electron chi connectivity index (χ4n) is 1.99. The van der Waals surface area contributed by atoms with E-state index in [-0.39, 0.29) is 23.5 Å². The third-order valence-electron chi connectivity index (χ3n) is 2.93. The second-order valence-electron chi connectivity index (χ2n) is 4.22. The van der Waals surface area contributed by atoms with Gasteiger partial charge in [-0.05, 0) is 18.2 Å². The molecule has 0 spiro atoms. The van der Waals surface area contributed by atoms with Crippen LogP contribution in [0, 0.1) is 0 Å². The van der Waals surface area contributed by atoms with E-state index < -0.39 is 0 Å². The first kappa shape index (κ1) is 13.2. The minimum atomic E-state index is -0.331. The zero-order valence-electron chi connectivity index (χ0n) is 10.0. The van der Waals surface area contributed by atoms with Crippen LogP contribution >= 0.6 is 27.5 Å². The monoisotopic (exact) mass is 351 g/mol. The molecule has 2 heterocycles. The molecule has 0 aliphatic carbocycles. The topological polar surface area (TPSA) is 63.2 Å². The molecule has 100 valence electrons. The number of aromatic nitrogens is 2. The molecule has 1 aliphatic rings. The molecule has 0 bridgehead atoms. The summed E-state index contributed by atoms with van der Waals surface area (Å²) in [6, 6.07) is 5.01. The Morgan fingerprint density at radius 1 is 1.10 bits per heavy atom. The molecule has 0 saturated heterocycles. The average molecular weight is 353 g/mol. The number of carbonyl (C=O) groups is 2. The molecule has 1 aromatic heterocycles. The highest BCUT2D eigenvalue weighted by Gasteiger charge is 2.35. The molecular weight excluding hydrogens is 346 g/mol. The number of hydrogen-bond acceptors (Lipinski definition) is 4. The molecule has 0 atom stereocenters. The summed E-state index contributed by atoms with van der Waals surface area (Å²) in [6.07, 6.45) is 2.83. The fraction of sp³-hybridized carbons (Fsp3) is 0.0769. The molecular formula is C13H7BrClN3O2. The fourth-order valence-corrected chi connectivity index (χ4v) is 2.45. The van der Waals surface area contributed by atoms with Gasteiger partial charge >= 0.3 is 0 Å². The number of amides is 2. The van der Waals surface area contributed by atoms with Crippen molar-refractivity contribution < 1.29 is 9.59 Å². The maximum atomic E-state index is 12.2. The van der Waals surface area contributed by atoms with Crippen LogP contribution in [0.3, 0.4) is 0 Å². The molecule has 0 radical (unpaired) electrons. The summed E-state index contributed by atoms with van der Waals surface area (Å²) in [5.74, 6) is -0.655. The second-order valence-corrected chi connectivity index (χ2v) is 5.52. The van der Waals surface area contributed by atoms with E-state index in [0.29, 0.717) is 16.8 Å². The first-order valence-corrected chi connectivity index (χ1v) is 6.85. The third kappa shape index (κ3) is 2.21. The molecule has 3 rings (SSSR count). The van der Waals surface area contributed by atoms with Gasteiger partial charge in [-0.2, -0.15) is 0 Å². The summed E-state index contributed by atoms with van der Waals surface area (Å²) >= 11 is 8.94. The van der Waals surface area contributed by atoms with Crippen molar-refractivity contribution in [3.63, 3.8) is 0 Å². The lowest BCUT2D eigenvalue weighted by Gasteiger charge is -2.12. The van der Waals surface area contributed by atoms with Gasteiger partial charge in [-0.3, -0.25) is 19.5 Å². The maximum absolute atomic E-state index is 12.2. The van der Waals surface area contributed by atoms with E-state index in [9.17, 15) is 9.59 Å². The first-order valence-electron chi connectivity index (χ1n) is 5.68. The Bertz CT molecular complexity index is 718. The van der Waals surface area contributed by atoms with Crippen molar-refractivity contribution in [2.45, 2.75) is 6.54 Å². The molecule has 0 unspecified atom stereocenters. The lowest BCUT2D eigenvalue weighted by atomic mass is 10.1. The summed E-state index contributed by atoms with van der Waals surface area (Å²) in [4.78, 5) is 33.5. The molecule has 5 nitrogen and oxygen atoms in total. The maximum Gasteiger partial charge on any atom is 0.261 e. The molecule has 2 aromatic rings. The van der Waals surface area contributed by atoms with Crippen molar-refractivity contribution in [1.82, 2.24) is 14.9 Å². The Kier molecular flexibility index (Phi) is 3.27. The summed E-state index contributed by atoms with van der Waals surface area (Å²) in [7, 11) is 0. The Hall–Kier alpha value is -1.79. The smallest absolute Gasteiger partial charge is 0.261 e. The Labute approximate surface area is 127 Å². The predicted octanol–water partition coefficient (Wildman–Crippen LogP) is 2.69. The lowest BCUT2D eigenvalue weighted by Crippen LogP contribution is -2.29. The normalized spacial score (nSPS) is 13.8. The van der Waals surface area contributed by atoms with E-state index >= 15 is 0 Å². The number of rotatable bonds is 2. The van der Waals surface area contributed by atoms with Crippen LogP contribution in [0.2, 0.25) is 5.15 Å². The van der Waals surface area contributed by atoms with Crippen molar-refractivity contribution in [2.75, 3.05) is 0 Å². The summed E-state index contributed by atoms with van der Waals surface area (Å²) in [6.45, 7) is 0.0775. The highest BCUT2D eigenvalue weighted by atomic mass is 79.9. The zero-order chi connectivity index (χ0) is 14.3. The van der Waals surface area contributed by atoms with E-state index in [2.05, 4.69) is 25.9 Å². The van der Waals surface area contributed by atoms with Crippen LogP contribution in [0.15, 0.2) is 35.1 Å². The number of carbonyl (C=O) groups excluding carboxylic acids is 2. The standard InChI is InChI=1S/C13H7BrClN3O2/c14-7-1-2-9-10(3-7)13(20)18(12(9)19)6-8-4-17-11(15)5-16-8/h1-5H,6H2. The highest BCUT2D eigenvalue weighted by Crippen LogP contribution is 2.26. The van der Waals surface area contributed by atoms with Crippen LogP contribution in [-0.2, 0) is 6.54 Å². The van der Waals surface area contributed by atoms with E-state index in [1.165, 1.54) is 12.4 Å². The number of hydrogen-bond donors (Lipinski definition) is 0. The van der Waals surface area contributed by atoms with Gasteiger partial charge < -0.3 is 0 Å². The summed E-state index contributed by atoms with van der Waals surface area (Å²) < 4.78 is 0.755. The van der Waals surface area contributed by atoms with Crippen LogP contribution in [0.1, 0.15) is 26.4 Å². The molecule has 0 fully saturated rings. The SMILES string of the molecule is O=C1c2ccc(Br)cc2C(=O)N1Cc1cnc(Cl)cn1. The largest absolute Gasteiger partial charge is 0.269 e. The van der Waals surface area contributed by atoms with Crippen LogP contribution in [0.4, 0.5) is 0 Å². The van der Waals surface area contributed by atoms with Crippen LogP contribution in [0.5, 0.6) is 0 Å². The van der Waals surface area contributed by atoms with Gasteiger partial charge in [-0.15, -0.1) is 0 Å². The predicted molar refractivity (Wildman–Crippen MR) is 75.4 cm³/mol. The Morgan fingerprint density at radius 3 is 2.55 bits per heavy atom. The Balaban J connectivity index is 1.91. The Morgan fingerprint density at radius 2 is 1.85 bits per heavy atom. The van der Waals surface area contributed by atoms with Crippen LogP contribution in [-0.4, -0.2) is 26.7 Å². The van der Waals surface area contributed by atoms with Crippen molar-refractivity contribution in [3.05, 3.63) is 57.0 Å². The van der Waals surface area contributed by atoms with Gasteiger partial charge in [-0.25, -0.2) is 4.98 Å². The molecule has 1 aliphatic heterocycles. The van der Waals surface area contributed by atoms with Gasteiger partial charge in [-0.1, -0.05) is 27.5 Å². The summed E-state index contributed by atoms with van der Waals surface area (Å²) in [5.41, 5.74) is 1.30. The lowest BCUT2D eigenvalue weighted by molar-refractivity contribution is 0.0640. The third-order valence-corrected chi connectivity index (χ3v) is 3.62. The van der Waals surface area contributed by atoms with Crippen LogP contribution < -0.4 is 0 Å². The van der Waals surface area contributed by atoms with Gasteiger partial charge in [0.05, 0.1) is 35.8 Å². The zero-order valence-corrected chi connectivity index (χ0v) is 12.3. The number of nitrogens with zero attached hydrogens (tertiary/aromatic N) is 3. The molecule has 1 aromatic carbocycles. The van der Waals surface area contributed by atoms with Gasteiger partial charge in [0.25, 0.3) is 11.8 Å². The number of halogens is 2. The average Bonchev–Trinajstić information content (AvgIpc) is 2.66. The molecule has 20 heavy (non-hydrogen) atoms. The molecule has 0 saturated carbocycles. The van der Waals surface area contributed by atoms with E-state index in [1.54, 1.807) is 18.2 Å². The minimum Gasteiger partial charge on any atom is -0.269 e. The number of imide groups is 1. The molecule has 0 N–H and O–H groups in total. The molecule has 7 heteroatoms. The van der Waals surface area contributed by atoms with Crippen molar-refractivity contribution in [1.29, 1.82) is 0 Å². The van der Waals surface area contributed by atoms with Crippen molar-refractivity contribution in [3.8, 4) is 0 Å². The van der Waals surface area contributed by atoms with E-state index in [0.717, 1.165) is 9.37 Å². The summed E-state index contributed by atoms with van der Waals surface area (Å²) in [5, 5.41) is 0.264. The van der Waals surface area contributed by atoms with Crippen molar-refractivity contribution in [2.24, 2.45) is 0 Å². The number of benzene rings is 1.